The summed E-state index contributed by atoms with van der Waals surface area (Å²) in [6.07, 6.45) is 1.23. The van der Waals surface area contributed by atoms with E-state index in [1.54, 1.807) is 0 Å². The van der Waals surface area contributed by atoms with Gasteiger partial charge in [-0.15, -0.1) is 11.6 Å². The van der Waals surface area contributed by atoms with Crippen LogP contribution in [0.3, 0.4) is 0 Å². The fourth-order valence-electron chi connectivity index (χ4n) is 1.78. The van der Waals surface area contributed by atoms with Crippen LogP contribution in [0.1, 0.15) is 12.8 Å². The number of aliphatic hydroxyl groups excluding tert-OH is 1. The van der Waals surface area contributed by atoms with Crippen LogP contribution in [0.2, 0.25) is 0 Å². The molecule has 0 aromatic heterocycles. The molecule has 0 aromatic carbocycles. The molecule has 2 fully saturated rings. The zero-order valence-electron chi connectivity index (χ0n) is 5.92. The Morgan fingerprint density at radius 3 is 2.82 bits per heavy atom. The van der Waals surface area contributed by atoms with Crippen molar-refractivity contribution >= 4 is 17.6 Å². The summed E-state index contributed by atoms with van der Waals surface area (Å²) in [6.45, 7) is -0.106. The van der Waals surface area contributed by atoms with Crippen LogP contribution in [-0.2, 0) is 9.53 Å². The van der Waals surface area contributed by atoms with Crippen LogP contribution in [0.4, 0.5) is 0 Å². The van der Waals surface area contributed by atoms with Gasteiger partial charge in [-0.2, -0.15) is 0 Å². The standard InChI is InChI=1S/C7H9ClO3/c8-7-2-1-4(7)5(3-9)11-6(7)10/h4-5,9H,1-3H2/t4-,5+,7+/m0/s1. The van der Waals surface area contributed by atoms with Crippen molar-refractivity contribution in [3.8, 4) is 0 Å². The molecule has 4 heteroatoms. The predicted octanol–water partition coefficient (Wildman–Crippen LogP) is 0.292. The maximum Gasteiger partial charge on any atom is 0.328 e. The Bertz CT molecular complexity index is 206. The fourth-order valence-corrected chi connectivity index (χ4v) is 2.18. The Morgan fingerprint density at radius 1 is 1.82 bits per heavy atom. The van der Waals surface area contributed by atoms with Crippen LogP contribution in [-0.4, -0.2) is 28.7 Å². The lowest BCUT2D eigenvalue weighted by atomic mass is 9.72. The van der Waals surface area contributed by atoms with Gasteiger partial charge in [0, 0.05) is 5.92 Å². The highest BCUT2D eigenvalue weighted by atomic mass is 35.5. The molecule has 1 saturated heterocycles. The number of hydrogen-bond donors (Lipinski definition) is 1. The van der Waals surface area contributed by atoms with Gasteiger partial charge in [-0.05, 0) is 12.8 Å². The number of carbonyl (C=O) groups excluding carboxylic acids is 1. The van der Waals surface area contributed by atoms with Crippen molar-refractivity contribution in [1.29, 1.82) is 0 Å². The van der Waals surface area contributed by atoms with Crippen LogP contribution in [0, 0.1) is 5.92 Å². The number of esters is 1. The van der Waals surface area contributed by atoms with Gasteiger partial charge in [0.15, 0.2) is 0 Å². The van der Waals surface area contributed by atoms with Gasteiger partial charge in [-0.3, -0.25) is 4.79 Å². The van der Waals surface area contributed by atoms with Gasteiger partial charge in [0.25, 0.3) is 0 Å². The molecule has 1 saturated carbocycles. The first-order valence-corrected chi connectivity index (χ1v) is 4.07. The number of ether oxygens (including phenoxy) is 1. The van der Waals surface area contributed by atoms with E-state index in [0.717, 1.165) is 6.42 Å². The van der Waals surface area contributed by atoms with Gasteiger partial charge < -0.3 is 9.84 Å². The maximum atomic E-state index is 11.1. The van der Waals surface area contributed by atoms with Crippen LogP contribution in [0.5, 0.6) is 0 Å². The van der Waals surface area contributed by atoms with E-state index in [9.17, 15) is 4.79 Å². The molecule has 3 atom stereocenters. The molecule has 0 spiro atoms. The Hall–Kier alpha value is -0.280. The fraction of sp³-hybridized carbons (Fsp3) is 0.857. The Labute approximate surface area is 69.3 Å². The molecule has 2 rings (SSSR count). The molecule has 1 aliphatic carbocycles. The van der Waals surface area contributed by atoms with E-state index < -0.39 is 4.87 Å². The van der Waals surface area contributed by atoms with Crippen LogP contribution in [0.25, 0.3) is 0 Å². The van der Waals surface area contributed by atoms with E-state index in [1.165, 1.54) is 0 Å². The van der Waals surface area contributed by atoms with Gasteiger partial charge in [-0.1, -0.05) is 0 Å². The summed E-state index contributed by atoms with van der Waals surface area (Å²) in [7, 11) is 0. The molecule has 1 N–H and O–H groups in total. The average molecular weight is 177 g/mol. The highest BCUT2D eigenvalue weighted by molar-refractivity contribution is 6.35. The van der Waals surface area contributed by atoms with Crippen molar-refractivity contribution in [2.24, 2.45) is 5.92 Å². The molecule has 62 valence electrons. The number of fused-ring (bicyclic) bond motifs is 1. The first-order chi connectivity index (χ1) is 5.18. The first kappa shape index (κ1) is 7.37. The number of aliphatic hydroxyl groups is 1. The molecule has 1 aliphatic heterocycles. The Morgan fingerprint density at radius 2 is 2.55 bits per heavy atom. The topological polar surface area (TPSA) is 46.5 Å². The molecule has 0 amide bonds. The third kappa shape index (κ3) is 0.754. The highest BCUT2D eigenvalue weighted by Crippen LogP contribution is 2.52. The number of alkyl halides is 1. The molecular formula is C7H9ClO3. The third-order valence-corrected chi connectivity index (χ3v) is 3.26. The number of halogens is 1. The van der Waals surface area contributed by atoms with E-state index in [-0.39, 0.29) is 24.6 Å². The normalized spacial score (nSPS) is 48.0. The molecule has 11 heavy (non-hydrogen) atoms. The van der Waals surface area contributed by atoms with Gasteiger partial charge in [0.1, 0.15) is 11.0 Å². The summed E-state index contributed by atoms with van der Waals surface area (Å²) in [5.41, 5.74) is 0. The third-order valence-electron chi connectivity index (χ3n) is 2.63. The molecule has 3 nitrogen and oxygen atoms in total. The lowest BCUT2D eigenvalue weighted by Gasteiger charge is -2.35. The summed E-state index contributed by atoms with van der Waals surface area (Å²) >= 11 is 5.94. The maximum absolute atomic E-state index is 11.1. The summed E-state index contributed by atoms with van der Waals surface area (Å²) in [5.74, 6) is -0.309. The predicted molar refractivity (Wildman–Crippen MR) is 38.3 cm³/mol. The lowest BCUT2D eigenvalue weighted by molar-refractivity contribution is -0.144. The molecular weight excluding hydrogens is 168 g/mol. The smallest absolute Gasteiger partial charge is 0.328 e. The zero-order chi connectivity index (χ0) is 8.06. The van der Waals surface area contributed by atoms with Crippen LogP contribution in [0.15, 0.2) is 0 Å². The molecule has 2 aliphatic rings. The lowest BCUT2D eigenvalue weighted by Crippen LogP contribution is -2.46. The number of carbonyl (C=O) groups is 1. The van der Waals surface area contributed by atoms with Gasteiger partial charge in [0.2, 0.25) is 0 Å². The summed E-state index contributed by atoms with van der Waals surface area (Å²) < 4.78 is 4.88. The van der Waals surface area contributed by atoms with Crippen molar-refractivity contribution < 1.29 is 14.6 Å². The van der Waals surface area contributed by atoms with E-state index in [4.69, 9.17) is 21.4 Å². The average Bonchev–Trinajstić information content (AvgIpc) is 2.12. The molecule has 1 heterocycles. The van der Waals surface area contributed by atoms with Gasteiger partial charge in [0.05, 0.1) is 6.61 Å². The van der Waals surface area contributed by atoms with Crippen molar-refractivity contribution in [3.05, 3.63) is 0 Å². The van der Waals surface area contributed by atoms with Gasteiger partial charge in [-0.25, -0.2) is 0 Å². The molecule has 0 unspecified atom stereocenters. The molecule has 0 bridgehead atoms. The summed E-state index contributed by atoms with van der Waals surface area (Å²) in [6, 6.07) is 0. The first-order valence-electron chi connectivity index (χ1n) is 3.69. The Balaban J connectivity index is 2.20. The number of hydrogen-bond acceptors (Lipinski definition) is 3. The minimum absolute atomic E-state index is 0.0432. The monoisotopic (exact) mass is 176 g/mol. The van der Waals surface area contributed by atoms with E-state index in [0.29, 0.717) is 6.42 Å². The zero-order valence-corrected chi connectivity index (χ0v) is 6.67. The molecule has 0 radical (unpaired) electrons. The summed E-state index contributed by atoms with van der Waals surface area (Å²) in [4.78, 5) is 10.3. The van der Waals surface area contributed by atoms with E-state index in [2.05, 4.69) is 0 Å². The van der Waals surface area contributed by atoms with E-state index in [1.807, 2.05) is 0 Å². The Kier molecular flexibility index (Phi) is 1.41. The second-order valence-electron chi connectivity index (χ2n) is 3.13. The second kappa shape index (κ2) is 2.11. The van der Waals surface area contributed by atoms with Crippen molar-refractivity contribution in [3.63, 3.8) is 0 Å². The SMILES string of the molecule is O=C1O[C@H](CO)[C@@H]2CC[C@]12Cl. The largest absolute Gasteiger partial charge is 0.458 e. The van der Waals surface area contributed by atoms with Crippen molar-refractivity contribution in [1.82, 2.24) is 0 Å². The van der Waals surface area contributed by atoms with Crippen molar-refractivity contribution in [2.45, 2.75) is 23.8 Å². The summed E-state index contributed by atoms with van der Waals surface area (Å²) in [5, 5.41) is 8.78. The van der Waals surface area contributed by atoms with Crippen LogP contribution < -0.4 is 0 Å². The minimum Gasteiger partial charge on any atom is -0.458 e. The molecule has 0 aromatic rings. The van der Waals surface area contributed by atoms with E-state index >= 15 is 0 Å². The second-order valence-corrected chi connectivity index (χ2v) is 3.81. The van der Waals surface area contributed by atoms with Crippen molar-refractivity contribution in [2.75, 3.05) is 6.61 Å². The van der Waals surface area contributed by atoms with Gasteiger partial charge >= 0.3 is 5.97 Å². The minimum atomic E-state index is -0.784. The number of cyclic esters (lactones) is 1. The number of rotatable bonds is 1. The quantitative estimate of drug-likeness (QED) is 0.462. The highest BCUT2D eigenvalue weighted by Gasteiger charge is 2.61. The van der Waals surface area contributed by atoms with Crippen LogP contribution >= 0.6 is 11.6 Å².